The lowest BCUT2D eigenvalue weighted by Crippen LogP contribution is -2.47. The number of aliphatic hydroxyl groups excluding tert-OH is 1. The number of aliphatic hydroxyl groups is 1. The molecule has 34 heavy (non-hydrogen) atoms. The van der Waals surface area contributed by atoms with Crippen LogP contribution in [0.4, 0.5) is 0 Å². The van der Waals surface area contributed by atoms with E-state index in [1.807, 2.05) is 0 Å². The van der Waals surface area contributed by atoms with E-state index in [0.29, 0.717) is 12.8 Å². The summed E-state index contributed by atoms with van der Waals surface area (Å²) < 4.78 is 31.9. The van der Waals surface area contributed by atoms with E-state index >= 15 is 0 Å². The van der Waals surface area contributed by atoms with Crippen LogP contribution in [-0.4, -0.2) is 41.9 Å². The topological polar surface area (TPSA) is 104 Å². The van der Waals surface area contributed by atoms with Crippen molar-refractivity contribution < 1.29 is 22.9 Å². The predicted molar refractivity (Wildman–Crippen MR) is 143 cm³/mol. The molecule has 202 valence electrons. The van der Waals surface area contributed by atoms with Crippen LogP contribution in [0.15, 0.2) is 12.2 Å². The smallest absolute Gasteiger partial charge is 0.266 e. The molecule has 0 aliphatic rings. The van der Waals surface area contributed by atoms with Gasteiger partial charge in [-0.2, -0.15) is 8.42 Å². The number of carbonyl (C=O) groups excluding carboxylic acids is 1. The van der Waals surface area contributed by atoms with Gasteiger partial charge in [-0.05, 0) is 38.5 Å². The van der Waals surface area contributed by atoms with Crippen LogP contribution in [0.5, 0.6) is 0 Å². The summed E-state index contributed by atoms with van der Waals surface area (Å²) in [7, 11) is -4.28. The number of nitrogens with one attached hydrogen (secondary N) is 1. The summed E-state index contributed by atoms with van der Waals surface area (Å²) >= 11 is 0. The molecule has 0 aromatic heterocycles. The van der Waals surface area contributed by atoms with Crippen molar-refractivity contribution in [3.05, 3.63) is 12.2 Å². The van der Waals surface area contributed by atoms with Crippen LogP contribution in [0.3, 0.4) is 0 Å². The number of allylic oxidation sites excluding steroid dienone is 2. The van der Waals surface area contributed by atoms with Crippen molar-refractivity contribution in [3.63, 3.8) is 0 Å². The fourth-order valence-corrected chi connectivity index (χ4v) is 4.85. The molecule has 0 saturated heterocycles. The van der Waals surface area contributed by atoms with Gasteiger partial charge < -0.3 is 10.4 Å². The van der Waals surface area contributed by atoms with E-state index in [0.717, 1.165) is 64.2 Å². The second-order valence-corrected chi connectivity index (χ2v) is 11.2. The van der Waals surface area contributed by atoms with Gasteiger partial charge in [0.15, 0.2) is 0 Å². The minimum atomic E-state index is -4.28. The second-order valence-electron chi connectivity index (χ2n) is 9.67. The van der Waals surface area contributed by atoms with Gasteiger partial charge in [0.25, 0.3) is 10.1 Å². The highest BCUT2D eigenvalue weighted by Crippen LogP contribution is 2.12. The van der Waals surface area contributed by atoms with Gasteiger partial charge in [-0.1, -0.05) is 103 Å². The predicted octanol–water partition coefficient (Wildman–Crippen LogP) is 6.73. The summed E-state index contributed by atoms with van der Waals surface area (Å²) in [6, 6.07) is -0.966. The first-order chi connectivity index (χ1) is 16.3. The van der Waals surface area contributed by atoms with Gasteiger partial charge in [0, 0.05) is 6.42 Å². The van der Waals surface area contributed by atoms with E-state index in [9.17, 15) is 22.9 Å². The summed E-state index contributed by atoms with van der Waals surface area (Å²) in [6.07, 6.45) is 23.4. The molecule has 2 atom stereocenters. The SMILES string of the molecule is CCCCCCC/C=C\CCCCCCCC(=O)NC(CS(=O)(=O)O)C(O)CCCCCCC. The molecule has 0 bridgehead atoms. The van der Waals surface area contributed by atoms with Crippen molar-refractivity contribution in [2.24, 2.45) is 0 Å². The fourth-order valence-electron chi connectivity index (χ4n) is 4.09. The number of hydrogen-bond donors (Lipinski definition) is 3. The average molecular weight is 504 g/mol. The average Bonchev–Trinajstić information content (AvgIpc) is 2.77. The molecular formula is C27H53NO5S. The fraction of sp³-hybridized carbons (Fsp3) is 0.889. The Bertz CT molecular complexity index is 606. The monoisotopic (exact) mass is 503 g/mol. The standard InChI is InChI=1S/C27H53NO5S/c1-3-5-7-9-10-11-12-13-14-15-16-17-19-21-23-27(30)28-25(24-34(31,32)33)26(29)22-20-18-8-6-4-2/h12-13,25-26,29H,3-11,14-24H2,1-2H3,(H,28,30)(H,31,32,33)/b13-12-. The summed E-state index contributed by atoms with van der Waals surface area (Å²) in [5, 5.41) is 13.0. The first kappa shape index (κ1) is 33.1. The quantitative estimate of drug-likeness (QED) is 0.0770. The molecule has 0 spiro atoms. The first-order valence-corrected chi connectivity index (χ1v) is 15.5. The second kappa shape index (κ2) is 22.5. The first-order valence-electron chi connectivity index (χ1n) is 13.9. The Balaban J connectivity index is 3.97. The van der Waals surface area contributed by atoms with Gasteiger partial charge in [-0.15, -0.1) is 0 Å². The highest BCUT2D eigenvalue weighted by atomic mass is 32.2. The van der Waals surface area contributed by atoms with Gasteiger partial charge in [0.05, 0.1) is 17.9 Å². The molecule has 0 rings (SSSR count). The minimum Gasteiger partial charge on any atom is -0.391 e. The Morgan fingerprint density at radius 1 is 0.765 bits per heavy atom. The number of unbranched alkanes of at least 4 members (excludes halogenated alkanes) is 14. The molecule has 0 fully saturated rings. The zero-order valence-electron chi connectivity index (χ0n) is 22.0. The van der Waals surface area contributed by atoms with Crippen molar-refractivity contribution >= 4 is 16.0 Å². The molecule has 6 nitrogen and oxygen atoms in total. The summed E-state index contributed by atoms with van der Waals surface area (Å²) in [4.78, 5) is 12.3. The molecule has 0 heterocycles. The van der Waals surface area contributed by atoms with Crippen LogP contribution < -0.4 is 5.32 Å². The summed E-state index contributed by atoms with van der Waals surface area (Å²) in [5.74, 6) is -0.915. The highest BCUT2D eigenvalue weighted by Gasteiger charge is 2.25. The number of rotatable bonds is 24. The zero-order chi connectivity index (χ0) is 25.5. The Morgan fingerprint density at radius 2 is 1.24 bits per heavy atom. The lowest BCUT2D eigenvalue weighted by Gasteiger charge is -2.23. The van der Waals surface area contributed by atoms with Crippen LogP contribution in [0, 0.1) is 0 Å². The highest BCUT2D eigenvalue weighted by molar-refractivity contribution is 7.85. The molecule has 0 aliphatic carbocycles. The van der Waals surface area contributed by atoms with E-state index < -0.39 is 28.0 Å². The van der Waals surface area contributed by atoms with Crippen LogP contribution in [0.25, 0.3) is 0 Å². The lowest BCUT2D eigenvalue weighted by molar-refractivity contribution is -0.122. The lowest BCUT2D eigenvalue weighted by atomic mass is 10.0. The van der Waals surface area contributed by atoms with Crippen molar-refractivity contribution in [3.8, 4) is 0 Å². The number of hydrogen-bond acceptors (Lipinski definition) is 4. The molecule has 7 heteroatoms. The Hall–Kier alpha value is -0.920. The van der Waals surface area contributed by atoms with Crippen LogP contribution >= 0.6 is 0 Å². The molecule has 0 aromatic carbocycles. The van der Waals surface area contributed by atoms with Gasteiger partial charge in [-0.25, -0.2) is 0 Å². The third kappa shape index (κ3) is 22.9. The Morgan fingerprint density at radius 3 is 1.76 bits per heavy atom. The van der Waals surface area contributed by atoms with Gasteiger partial charge >= 0.3 is 0 Å². The maximum absolute atomic E-state index is 12.3. The van der Waals surface area contributed by atoms with Crippen molar-refractivity contribution in [1.29, 1.82) is 0 Å². The molecule has 3 N–H and O–H groups in total. The number of amides is 1. The molecule has 1 amide bonds. The number of carbonyl (C=O) groups is 1. The third-order valence-corrected chi connectivity index (χ3v) is 7.00. The maximum atomic E-state index is 12.3. The van der Waals surface area contributed by atoms with E-state index in [2.05, 4.69) is 31.3 Å². The Kier molecular flexibility index (Phi) is 21.9. The third-order valence-electron chi connectivity index (χ3n) is 6.22. The maximum Gasteiger partial charge on any atom is 0.266 e. The van der Waals surface area contributed by atoms with Gasteiger partial charge in [0.2, 0.25) is 5.91 Å². The van der Waals surface area contributed by atoms with Crippen LogP contribution in [0.2, 0.25) is 0 Å². The summed E-state index contributed by atoms with van der Waals surface area (Å²) in [6.45, 7) is 4.36. The van der Waals surface area contributed by atoms with Gasteiger partial charge in [0.1, 0.15) is 0 Å². The molecule has 0 aromatic rings. The molecule has 0 aliphatic heterocycles. The van der Waals surface area contributed by atoms with Crippen molar-refractivity contribution in [2.75, 3.05) is 5.75 Å². The molecule has 0 saturated carbocycles. The van der Waals surface area contributed by atoms with Crippen molar-refractivity contribution in [1.82, 2.24) is 5.32 Å². The van der Waals surface area contributed by atoms with Crippen molar-refractivity contribution in [2.45, 2.75) is 148 Å². The Labute approximate surface area is 210 Å². The van der Waals surface area contributed by atoms with E-state index in [-0.39, 0.29) is 5.91 Å². The normalized spacial score (nSPS) is 13.9. The van der Waals surface area contributed by atoms with E-state index in [1.165, 1.54) is 44.9 Å². The van der Waals surface area contributed by atoms with Gasteiger partial charge in [-0.3, -0.25) is 9.35 Å². The molecular weight excluding hydrogens is 450 g/mol. The molecule has 0 radical (unpaired) electrons. The van der Waals surface area contributed by atoms with Crippen LogP contribution in [-0.2, 0) is 14.9 Å². The molecule has 2 unspecified atom stereocenters. The zero-order valence-corrected chi connectivity index (χ0v) is 22.8. The summed E-state index contributed by atoms with van der Waals surface area (Å²) in [5.41, 5.74) is 0. The van der Waals surface area contributed by atoms with E-state index in [4.69, 9.17) is 0 Å². The largest absolute Gasteiger partial charge is 0.391 e. The van der Waals surface area contributed by atoms with E-state index in [1.54, 1.807) is 0 Å². The van der Waals surface area contributed by atoms with Crippen LogP contribution in [0.1, 0.15) is 136 Å². The minimum absolute atomic E-state index is 0.263.